The van der Waals surface area contributed by atoms with Crippen LogP contribution in [-0.2, 0) is 0 Å². The van der Waals surface area contributed by atoms with Gasteiger partial charge in [0.1, 0.15) is 6.04 Å². The van der Waals surface area contributed by atoms with Gasteiger partial charge in [0.05, 0.1) is 0 Å². The number of benzene rings is 1. The average Bonchev–Trinajstić information content (AvgIpc) is 1.99. The Kier molecular flexibility index (Phi) is 3.21. The van der Waals surface area contributed by atoms with E-state index in [2.05, 4.69) is 15.9 Å². The topological polar surface area (TPSA) is 26.0 Å². The van der Waals surface area contributed by atoms with Crippen LogP contribution >= 0.6 is 15.9 Å². The van der Waals surface area contributed by atoms with Gasteiger partial charge >= 0.3 is 6.18 Å². The molecule has 1 aromatic rings. The molecule has 0 bridgehead atoms. The first-order valence-corrected chi connectivity index (χ1v) is 4.69. The van der Waals surface area contributed by atoms with Gasteiger partial charge in [0.15, 0.2) is 0 Å². The highest BCUT2D eigenvalue weighted by Crippen LogP contribution is 2.32. The van der Waals surface area contributed by atoms with Crippen molar-refractivity contribution in [3.05, 3.63) is 33.8 Å². The molecular formula is C9H9BrF3N. The number of hydrogen-bond donors (Lipinski definition) is 1. The van der Waals surface area contributed by atoms with E-state index in [9.17, 15) is 13.2 Å². The van der Waals surface area contributed by atoms with Crippen LogP contribution in [0.4, 0.5) is 13.2 Å². The van der Waals surface area contributed by atoms with Crippen LogP contribution in [0.5, 0.6) is 0 Å². The Morgan fingerprint density at radius 2 is 1.86 bits per heavy atom. The molecule has 0 radical (unpaired) electrons. The zero-order chi connectivity index (χ0) is 10.9. The van der Waals surface area contributed by atoms with Gasteiger partial charge in [0, 0.05) is 4.47 Å². The maximum absolute atomic E-state index is 12.3. The maximum Gasteiger partial charge on any atom is 0.407 e. The largest absolute Gasteiger partial charge is 0.407 e. The molecule has 1 atom stereocenters. The van der Waals surface area contributed by atoms with Crippen LogP contribution in [0.1, 0.15) is 17.2 Å². The van der Waals surface area contributed by atoms with Crippen LogP contribution in [0.3, 0.4) is 0 Å². The van der Waals surface area contributed by atoms with E-state index >= 15 is 0 Å². The first-order chi connectivity index (χ1) is 6.30. The highest BCUT2D eigenvalue weighted by Gasteiger charge is 2.37. The SMILES string of the molecule is Cc1cc(Br)cc([C@@H](N)C(F)(F)F)c1. The minimum Gasteiger partial charge on any atom is -0.316 e. The van der Waals surface area contributed by atoms with Gasteiger partial charge in [0.2, 0.25) is 0 Å². The van der Waals surface area contributed by atoms with E-state index < -0.39 is 12.2 Å². The van der Waals surface area contributed by atoms with Crippen molar-refractivity contribution >= 4 is 15.9 Å². The number of nitrogens with two attached hydrogens (primary N) is 1. The molecule has 0 fully saturated rings. The molecular weight excluding hydrogens is 259 g/mol. The summed E-state index contributed by atoms with van der Waals surface area (Å²) in [7, 11) is 0. The summed E-state index contributed by atoms with van der Waals surface area (Å²) in [6.07, 6.45) is -4.40. The van der Waals surface area contributed by atoms with Crippen molar-refractivity contribution in [3.63, 3.8) is 0 Å². The van der Waals surface area contributed by atoms with E-state index in [1.54, 1.807) is 13.0 Å². The second kappa shape index (κ2) is 3.90. The first kappa shape index (κ1) is 11.5. The van der Waals surface area contributed by atoms with Gasteiger partial charge in [-0.2, -0.15) is 13.2 Å². The van der Waals surface area contributed by atoms with Crippen LogP contribution in [0.15, 0.2) is 22.7 Å². The molecule has 0 spiro atoms. The standard InChI is InChI=1S/C9H9BrF3N/c1-5-2-6(4-7(10)3-5)8(14)9(11,12)13/h2-4,8H,14H2,1H3/t8-/m1/s1. The molecule has 1 nitrogen and oxygen atoms in total. The molecule has 0 aliphatic heterocycles. The molecule has 0 amide bonds. The predicted molar refractivity (Wildman–Crippen MR) is 51.9 cm³/mol. The Bertz CT molecular complexity index is 315. The lowest BCUT2D eigenvalue weighted by atomic mass is 10.1. The third kappa shape index (κ3) is 2.72. The summed E-state index contributed by atoms with van der Waals surface area (Å²) >= 11 is 3.13. The Morgan fingerprint density at radius 3 is 2.29 bits per heavy atom. The summed E-state index contributed by atoms with van der Waals surface area (Å²) < 4.78 is 37.4. The summed E-state index contributed by atoms with van der Waals surface area (Å²) in [4.78, 5) is 0. The average molecular weight is 268 g/mol. The van der Waals surface area contributed by atoms with E-state index in [0.717, 1.165) is 5.56 Å². The molecule has 0 saturated carbocycles. The third-order valence-electron chi connectivity index (χ3n) is 1.78. The fraction of sp³-hybridized carbons (Fsp3) is 0.333. The van der Waals surface area contributed by atoms with Gasteiger partial charge < -0.3 is 5.73 Å². The number of aryl methyl sites for hydroxylation is 1. The van der Waals surface area contributed by atoms with E-state index in [0.29, 0.717) is 4.47 Å². The van der Waals surface area contributed by atoms with Crippen LogP contribution in [0, 0.1) is 6.92 Å². The molecule has 5 heteroatoms. The van der Waals surface area contributed by atoms with Crippen molar-refractivity contribution in [1.82, 2.24) is 0 Å². The van der Waals surface area contributed by atoms with Crippen LogP contribution in [0.25, 0.3) is 0 Å². The lowest BCUT2D eigenvalue weighted by molar-refractivity contribution is -0.149. The molecule has 1 rings (SSSR count). The summed E-state index contributed by atoms with van der Waals surface area (Å²) in [5.41, 5.74) is 5.88. The second-order valence-electron chi connectivity index (χ2n) is 3.08. The lowest BCUT2D eigenvalue weighted by Crippen LogP contribution is -2.28. The Labute approximate surface area is 88.2 Å². The van der Waals surface area contributed by atoms with Crippen molar-refractivity contribution < 1.29 is 13.2 Å². The van der Waals surface area contributed by atoms with Gasteiger partial charge in [-0.3, -0.25) is 0 Å². The molecule has 78 valence electrons. The summed E-state index contributed by atoms with van der Waals surface area (Å²) in [5, 5.41) is 0. The number of alkyl halides is 3. The molecule has 0 heterocycles. The van der Waals surface area contributed by atoms with Gasteiger partial charge in [-0.25, -0.2) is 0 Å². The lowest BCUT2D eigenvalue weighted by Gasteiger charge is -2.16. The Balaban J connectivity index is 3.07. The number of rotatable bonds is 1. The van der Waals surface area contributed by atoms with E-state index in [4.69, 9.17) is 5.73 Å². The van der Waals surface area contributed by atoms with Crippen molar-refractivity contribution in [1.29, 1.82) is 0 Å². The highest BCUT2D eigenvalue weighted by atomic mass is 79.9. The van der Waals surface area contributed by atoms with Crippen molar-refractivity contribution in [2.24, 2.45) is 5.73 Å². The Hall–Kier alpha value is -0.550. The molecule has 2 N–H and O–H groups in total. The Morgan fingerprint density at radius 1 is 1.29 bits per heavy atom. The van der Waals surface area contributed by atoms with Crippen LogP contribution in [-0.4, -0.2) is 6.18 Å². The molecule has 0 aliphatic rings. The first-order valence-electron chi connectivity index (χ1n) is 3.90. The molecule has 0 saturated heterocycles. The van der Waals surface area contributed by atoms with Gasteiger partial charge in [0.25, 0.3) is 0 Å². The predicted octanol–water partition coefficient (Wildman–Crippen LogP) is 3.32. The van der Waals surface area contributed by atoms with Gasteiger partial charge in [-0.05, 0) is 30.2 Å². The quantitative estimate of drug-likeness (QED) is 0.830. The molecule has 0 aliphatic carbocycles. The maximum atomic E-state index is 12.3. The monoisotopic (exact) mass is 267 g/mol. The van der Waals surface area contributed by atoms with Gasteiger partial charge in [-0.1, -0.05) is 22.0 Å². The fourth-order valence-electron chi connectivity index (χ4n) is 1.13. The zero-order valence-corrected chi connectivity index (χ0v) is 8.98. The highest BCUT2D eigenvalue weighted by molar-refractivity contribution is 9.10. The minimum absolute atomic E-state index is 0.0735. The van der Waals surface area contributed by atoms with Gasteiger partial charge in [-0.15, -0.1) is 0 Å². The van der Waals surface area contributed by atoms with Crippen molar-refractivity contribution in [3.8, 4) is 0 Å². The smallest absolute Gasteiger partial charge is 0.316 e. The second-order valence-corrected chi connectivity index (χ2v) is 4.00. The minimum atomic E-state index is -4.40. The third-order valence-corrected chi connectivity index (χ3v) is 2.23. The number of halogens is 4. The van der Waals surface area contributed by atoms with E-state index in [1.165, 1.54) is 12.1 Å². The number of hydrogen-bond acceptors (Lipinski definition) is 1. The van der Waals surface area contributed by atoms with E-state index in [1.807, 2.05) is 0 Å². The van der Waals surface area contributed by atoms with Crippen molar-refractivity contribution in [2.45, 2.75) is 19.1 Å². The normalized spacial score (nSPS) is 14.1. The summed E-state index contributed by atoms with van der Waals surface area (Å²) in [5.74, 6) is 0. The summed E-state index contributed by atoms with van der Waals surface area (Å²) in [6.45, 7) is 1.72. The van der Waals surface area contributed by atoms with Crippen LogP contribution in [0.2, 0.25) is 0 Å². The molecule has 0 aromatic heterocycles. The summed E-state index contributed by atoms with van der Waals surface area (Å²) in [6, 6.07) is 2.62. The molecule has 14 heavy (non-hydrogen) atoms. The zero-order valence-electron chi connectivity index (χ0n) is 7.40. The van der Waals surface area contributed by atoms with Crippen molar-refractivity contribution in [2.75, 3.05) is 0 Å². The van der Waals surface area contributed by atoms with E-state index in [-0.39, 0.29) is 5.56 Å². The molecule has 1 aromatic carbocycles. The molecule has 0 unspecified atom stereocenters. The van der Waals surface area contributed by atoms with Crippen LogP contribution < -0.4 is 5.73 Å². The fourth-order valence-corrected chi connectivity index (χ4v) is 1.76.